The molecule has 0 saturated heterocycles. The minimum Gasteiger partial charge on any atom is -0.307 e. The molecular formula is C18H26N2S. The SMILES string of the molecule is CCc1ccc(-c2nc(CC)c(CNC(C)(C)C)s2)cc1. The smallest absolute Gasteiger partial charge is 0.123 e. The first-order chi connectivity index (χ1) is 9.93. The van der Waals surface area contributed by atoms with Gasteiger partial charge in [-0.3, -0.25) is 0 Å². The van der Waals surface area contributed by atoms with E-state index in [4.69, 9.17) is 4.98 Å². The van der Waals surface area contributed by atoms with Crippen LogP contribution in [-0.2, 0) is 19.4 Å². The van der Waals surface area contributed by atoms with Crippen LogP contribution in [0.4, 0.5) is 0 Å². The normalized spacial score (nSPS) is 11.9. The van der Waals surface area contributed by atoms with Crippen LogP contribution in [0, 0.1) is 0 Å². The third-order valence-corrected chi connectivity index (χ3v) is 4.65. The highest BCUT2D eigenvalue weighted by Gasteiger charge is 2.14. The molecule has 0 aliphatic heterocycles. The summed E-state index contributed by atoms with van der Waals surface area (Å²) >= 11 is 1.82. The second-order valence-corrected chi connectivity index (χ2v) is 7.48. The summed E-state index contributed by atoms with van der Waals surface area (Å²) in [7, 11) is 0. The molecule has 1 aromatic carbocycles. The van der Waals surface area contributed by atoms with Crippen molar-refractivity contribution in [1.29, 1.82) is 0 Å². The number of aryl methyl sites for hydroxylation is 2. The van der Waals surface area contributed by atoms with E-state index in [2.05, 4.69) is 64.2 Å². The molecule has 0 fully saturated rings. The molecule has 114 valence electrons. The molecule has 0 saturated carbocycles. The maximum absolute atomic E-state index is 4.83. The Bertz CT molecular complexity index is 576. The fourth-order valence-corrected chi connectivity index (χ4v) is 3.24. The molecule has 0 radical (unpaired) electrons. The van der Waals surface area contributed by atoms with Gasteiger partial charge in [-0.15, -0.1) is 11.3 Å². The molecule has 0 spiro atoms. The van der Waals surface area contributed by atoms with Crippen LogP contribution >= 0.6 is 11.3 Å². The Labute approximate surface area is 132 Å². The maximum Gasteiger partial charge on any atom is 0.123 e. The van der Waals surface area contributed by atoms with Gasteiger partial charge in [0, 0.05) is 22.5 Å². The third-order valence-electron chi connectivity index (χ3n) is 3.50. The molecule has 0 aliphatic carbocycles. The lowest BCUT2D eigenvalue weighted by atomic mass is 10.1. The second kappa shape index (κ2) is 6.71. The van der Waals surface area contributed by atoms with E-state index >= 15 is 0 Å². The number of thiazole rings is 1. The number of benzene rings is 1. The van der Waals surface area contributed by atoms with Crippen LogP contribution in [0.15, 0.2) is 24.3 Å². The van der Waals surface area contributed by atoms with E-state index in [0.29, 0.717) is 0 Å². The Kier molecular flexibility index (Phi) is 5.17. The molecule has 0 atom stereocenters. The van der Waals surface area contributed by atoms with Crippen LogP contribution < -0.4 is 5.32 Å². The van der Waals surface area contributed by atoms with Crippen LogP contribution in [0.5, 0.6) is 0 Å². The molecule has 2 aromatic rings. The average Bonchev–Trinajstić information content (AvgIpc) is 2.88. The molecule has 2 nitrogen and oxygen atoms in total. The van der Waals surface area contributed by atoms with Crippen molar-refractivity contribution in [3.05, 3.63) is 40.4 Å². The molecule has 21 heavy (non-hydrogen) atoms. The first-order valence-corrected chi connectivity index (χ1v) is 8.57. The van der Waals surface area contributed by atoms with E-state index in [1.54, 1.807) is 0 Å². The molecule has 0 amide bonds. The van der Waals surface area contributed by atoms with Crippen molar-refractivity contribution >= 4 is 11.3 Å². The predicted octanol–water partition coefficient (Wildman–Crippen LogP) is 4.82. The Morgan fingerprint density at radius 3 is 2.24 bits per heavy atom. The summed E-state index contributed by atoms with van der Waals surface area (Å²) in [5.74, 6) is 0. The number of nitrogens with zero attached hydrogens (tertiary/aromatic N) is 1. The summed E-state index contributed by atoms with van der Waals surface area (Å²) in [6.07, 6.45) is 2.07. The third kappa shape index (κ3) is 4.39. The van der Waals surface area contributed by atoms with Crippen LogP contribution in [0.3, 0.4) is 0 Å². The summed E-state index contributed by atoms with van der Waals surface area (Å²) in [6, 6.07) is 8.79. The largest absolute Gasteiger partial charge is 0.307 e. The average molecular weight is 302 g/mol. The van der Waals surface area contributed by atoms with Gasteiger partial charge in [0.05, 0.1) is 5.69 Å². The van der Waals surface area contributed by atoms with E-state index in [0.717, 1.165) is 24.4 Å². The van der Waals surface area contributed by atoms with Gasteiger partial charge < -0.3 is 5.32 Å². The van der Waals surface area contributed by atoms with Gasteiger partial charge in [-0.05, 0) is 39.2 Å². The Hall–Kier alpha value is -1.19. The van der Waals surface area contributed by atoms with E-state index in [1.165, 1.54) is 21.7 Å². The number of hydrogen-bond acceptors (Lipinski definition) is 3. The molecule has 1 aromatic heterocycles. The topological polar surface area (TPSA) is 24.9 Å². The number of aromatic nitrogens is 1. The van der Waals surface area contributed by atoms with Crippen molar-refractivity contribution in [2.45, 2.75) is 59.5 Å². The van der Waals surface area contributed by atoms with Gasteiger partial charge in [0.1, 0.15) is 5.01 Å². The van der Waals surface area contributed by atoms with Crippen molar-refractivity contribution in [3.8, 4) is 10.6 Å². The fraction of sp³-hybridized carbons (Fsp3) is 0.500. The zero-order valence-corrected chi connectivity index (χ0v) is 14.6. The highest BCUT2D eigenvalue weighted by molar-refractivity contribution is 7.15. The number of nitrogens with one attached hydrogen (secondary N) is 1. The quantitative estimate of drug-likeness (QED) is 0.856. The van der Waals surface area contributed by atoms with E-state index in [9.17, 15) is 0 Å². The maximum atomic E-state index is 4.83. The van der Waals surface area contributed by atoms with Crippen LogP contribution in [0.2, 0.25) is 0 Å². The van der Waals surface area contributed by atoms with Gasteiger partial charge >= 0.3 is 0 Å². The van der Waals surface area contributed by atoms with Crippen molar-refractivity contribution in [3.63, 3.8) is 0 Å². The van der Waals surface area contributed by atoms with E-state index < -0.39 is 0 Å². The van der Waals surface area contributed by atoms with Gasteiger partial charge in [0.15, 0.2) is 0 Å². The molecule has 0 bridgehead atoms. The summed E-state index contributed by atoms with van der Waals surface area (Å²) in [6.45, 7) is 11.9. The minimum absolute atomic E-state index is 0.137. The van der Waals surface area contributed by atoms with Gasteiger partial charge in [-0.2, -0.15) is 0 Å². The zero-order chi connectivity index (χ0) is 15.5. The molecular weight excluding hydrogens is 276 g/mol. The highest BCUT2D eigenvalue weighted by atomic mass is 32.1. The van der Waals surface area contributed by atoms with Gasteiger partial charge in [0.2, 0.25) is 0 Å². The minimum atomic E-state index is 0.137. The lowest BCUT2D eigenvalue weighted by Gasteiger charge is -2.20. The first kappa shape index (κ1) is 16.2. The molecule has 2 rings (SSSR count). The Balaban J connectivity index is 2.22. The van der Waals surface area contributed by atoms with Crippen LogP contribution in [0.25, 0.3) is 10.6 Å². The van der Waals surface area contributed by atoms with Gasteiger partial charge in [-0.1, -0.05) is 38.1 Å². The number of rotatable bonds is 5. The van der Waals surface area contributed by atoms with Crippen LogP contribution in [0.1, 0.15) is 50.8 Å². The summed E-state index contributed by atoms with van der Waals surface area (Å²) < 4.78 is 0. The predicted molar refractivity (Wildman–Crippen MR) is 92.9 cm³/mol. The lowest BCUT2D eigenvalue weighted by Crippen LogP contribution is -2.35. The molecule has 1 heterocycles. The number of hydrogen-bond donors (Lipinski definition) is 1. The molecule has 0 unspecified atom stereocenters. The van der Waals surface area contributed by atoms with Crippen molar-refractivity contribution in [1.82, 2.24) is 10.3 Å². The lowest BCUT2D eigenvalue weighted by molar-refractivity contribution is 0.425. The Morgan fingerprint density at radius 1 is 1.05 bits per heavy atom. The van der Waals surface area contributed by atoms with Crippen molar-refractivity contribution in [2.24, 2.45) is 0 Å². The highest BCUT2D eigenvalue weighted by Crippen LogP contribution is 2.29. The first-order valence-electron chi connectivity index (χ1n) is 7.76. The molecule has 0 aliphatic rings. The molecule has 3 heteroatoms. The van der Waals surface area contributed by atoms with E-state index in [1.807, 2.05) is 11.3 Å². The summed E-state index contributed by atoms with van der Waals surface area (Å²) in [5, 5.41) is 4.71. The van der Waals surface area contributed by atoms with Crippen molar-refractivity contribution in [2.75, 3.05) is 0 Å². The summed E-state index contributed by atoms with van der Waals surface area (Å²) in [4.78, 5) is 6.20. The van der Waals surface area contributed by atoms with Gasteiger partial charge in [0.25, 0.3) is 0 Å². The standard InChI is InChI=1S/C18H26N2S/c1-6-13-8-10-14(11-9-13)17-20-15(7-2)16(21-17)12-19-18(3,4)5/h8-11,19H,6-7,12H2,1-5H3. The fourth-order valence-electron chi connectivity index (χ4n) is 2.15. The second-order valence-electron chi connectivity index (χ2n) is 6.40. The Morgan fingerprint density at radius 2 is 1.71 bits per heavy atom. The van der Waals surface area contributed by atoms with Crippen LogP contribution in [-0.4, -0.2) is 10.5 Å². The van der Waals surface area contributed by atoms with E-state index in [-0.39, 0.29) is 5.54 Å². The van der Waals surface area contributed by atoms with Crippen molar-refractivity contribution < 1.29 is 0 Å². The summed E-state index contributed by atoms with van der Waals surface area (Å²) in [5.41, 5.74) is 3.97. The zero-order valence-electron chi connectivity index (χ0n) is 13.8. The van der Waals surface area contributed by atoms with Gasteiger partial charge in [-0.25, -0.2) is 4.98 Å². The monoisotopic (exact) mass is 302 g/mol. The molecule has 1 N–H and O–H groups in total.